The molecule has 0 N–H and O–H groups in total. The fourth-order valence-corrected chi connectivity index (χ4v) is 4.32. The van der Waals surface area contributed by atoms with Crippen LogP contribution in [0, 0.1) is 12.7 Å². The Morgan fingerprint density at radius 1 is 1.00 bits per heavy atom. The van der Waals surface area contributed by atoms with E-state index in [0.717, 1.165) is 34.9 Å². The van der Waals surface area contributed by atoms with Crippen molar-refractivity contribution in [3.05, 3.63) is 77.3 Å². The molecule has 0 saturated carbocycles. The van der Waals surface area contributed by atoms with E-state index in [0.29, 0.717) is 11.4 Å². The first kappa shape index (κ1) is 17.0. The molecule has 1 aromatic heterocycles. The Labute approximate surface area is 165 Å². The quantitative estimate of drug-likeness (QED) is 0.417. The van der Waals surface area contributed by atoms with Gasteiger partial charge in [-0.3, -0.25) is 0 Å². The molecule has 5 rings (SSSR count). The number of hydrogen-bond acceptors (Lipinski definition) is 4. The van der Waals surface area contributed by atoms with Gasteiger partial charge in [0.15, 0.2) is 5.82 Å². The van der Waals surface area contributed by atoms with Gasteiger partial charge in [0.2, 0.25) is 0 Å². The van der Waals surface area contributed by atoms with Crippen LogP contribution in [-0.4, -0.2) is 19.5 Å². The number of aromatic nitrogens is 4. The number of imidazole rings is 1. The van der Waals surface area contributed by atoms with E-state index in [1.54, 1.807) is 29.5 Å². The molecule has 0 spiro atoms. The van der Waals surface area contributed by atoms with E-state index in [-0.39, 0.29) is 5.82 Å². The Morgan fingerprint density at radius 3 is 2.75 bits per heavy atom. The highest BCUT2D eigenvalue weighted by atomic mass is 32.1. The Bertz CT molecular complexity index is 1260. The molecule has 0 unspecified atom stereocenters. The number of thiazole rings is 1. The largest absolute Gasteiger partial charge is 0.352 e. The van der Waals surface area contributed by atoms with Gasteiger partial charge in [0.05, 0.1) is 26.5 Å². The topological polar surface area (TPSA) is 43.6 Å². The fourth-order valence-electron chi connectivity index (χ4n) is 3.27. The molecular formula is C22H17FN4S. The van der Waals surface area contributed by atoms with Crippen LogP contribution < -0.4 is 0 Å². The monoisotopic (exact) mass is 388 g/mol. The summed E-state index contributed by atoms with van der Waals surface area (Å²) in [6.45, 7) is 2.90. The molecule has 0 radical (unpaired) electrons. The summed E-state index contributed by atoms with van der Waals surface area (Å²) in [6.07, 6.45) is 4.80. The molecule has 6 heteroatoms. The van der Waals surface area contributed by atoms with E-state index in [1.807, 2.05) is 18.5 Å². The van der Waals surface area contributed by atoms with Crippen molar-refractivity contribution in [2.24, 2.45) is 0 Å². The van der Waals surface area contributed by atoms with Crippen molar-refractivity contribution in [3.8, 4) is 22.8 Å². The van der Waals surface area contributed by atoms with Gasteiger partial charge in [-0.15, -0.1) is 11.3 Å². The lowest BCUT2D eigenvalue weighted by molar-refractivity contribution is 0.630. The molecule has 3 aromatic rings. The summed E-state index contributed by atoms with van der Waals surface area (Å²) >= 11 is 1.74. The summed E-state index contributed by atoms with van der Waals surface area (Å²) in [5.74, 6) is 0.115. The predicted octanol–water partition coefficient (Wildman–Crippen LogP) is 5.35. The molecule has 28 heavy (non-hydrogen) atoms. The molecule has 0 saturated heterocycles. The molecular weight excluding hydrogens is 371 g/mol. The predicted molar refractivity (Wildman–Crippen MR) is 110 cm³/mol. The Kier molecular flexibility index (Phi) is 4.13. The summed E-state index contributed by atoms with van der Waals surface area (Å²) in [5, 5.41) is 1.12. The second-order valence-corrected chi connectivity index (χ2v) is 7.92. The Balaban J connectivity index is 1.39. The zero-order chi connectivity index (χ0) is 19.1. The number of benzene rings is 2. The van der Waals surface area contributed by atoms with Crippen molar-refractivity contribution in [3.63, 3.8) is 0 Å². The number of pyridine rings is 1. The van der Waals surface area contributed by atoms with Crippen molar-refractivity contribution in [1.29, 1.82) is 0 Å². The van der Waals surface area contributed by atoms with Crippen molar-refractivity contribution in [2.45, 2.75) is 19.9 Å². The number of aryl methyl sites for hydroxylation is 3. The minimum atomic E-state index is -0.309. The van der Waals surface area contributed by atoms with Crippen LogP contribution >= 0.6 is 11.3 Å². The van der Waals surface area contributed by atoms with Crippen LogP contribution in [0.5, 0.6) is 0 Å². The normalized spacial score (nSPS) is 11.5. The fraction of sp³-hybridized carbons (Fsp3) is 0.136. The van der Waals surface area contributed by atoms with Crippen molar-refractivity contribution >= 4 is 21.6 Å². The maximum Gasteiger partial charge on any atom is 0.163 e. The lowest BCUT2D eigenvalue weighted by Gasteiger charge is -2.06. The van der Waals surface area contributed by atoms with Gasteiger partial charge < -0.3 is 4.57 Å². The van der Waals surface area contributed by atoms with Crippen LogP contribution in [0.15, 0.2) is 60.9 Å². The van der Waals surface area contributed by atoms with Gasteiger partial charge in [0.25, 0.3) is 0 Å². The third-order valence-corrected chi connectivity index (χ3v) is 5.79. The van der Waals surface area contributed by atoms with E-state index in [2.05, 4.69) is 39.7 Å². The minimum absolute atomic E-state index is 0.309. The lowest BCUT2D eigenvalue weighted by atomic mass is 10.2. The Morgan fingerprint density at radius 2 is 1.86 bits per heavy atom. The lowest BCUT2D eigenvalue weighted by Crippen LogP contribution is -2.02. The number of halogens is 1. The van der Waals surface area contributed by atoms with Gasteiger partial charge in [-0.05, 0) is 42.8 Å². The first-order chi connectivity index (χ1) is 13.7. The summed E-state index contributed by atoms with van der Waals surface area (Å²) in [5.41, 5.74) is 4.27. The van der Waals surface area contributed by atoms with Crippen molar-refractivity contribution < 1.29 is 4.39 Å². The highest BCUT2D eigenvalue weighted by Crippen LogP contribution is 2.27. The smallest absolute Gasteiger partial charge is 0.163 e. The van der Waals surface area contributed by atoms with Crippen LogP contribution in [0.4, 0.5) is 4.39 Å². The summed E-state index contributed by atoms with van der Waals surface area (Å²) < 4.78 is 17.3. The number of fused-ring (bicyclic) bond motifs is 2. The number of rotatable bonds is 4. The second-order valence-electron chi connectivity index (χ2n) is 6.81. The molecule has 3 heterocycles. The highest BCUT2D eigenvalue weighted by Gasteiger charge is 2.15. The van der Waals surface area contributed by atoms with E-state index in [4.69, 9.17) is 4.98 Å². The molecule has 2 aliphatic heterocycles. The number of nitrogens with zero attached hydrogens (tertiary/aromatic N) is 4. The van der Waals surface area contributed by atoms with E-state index >= 15 is 0 Å². The maximum atomic E-state index is 14.0. The zero-order valence-electron chi connectivity index (χ0n) is 15.3. The highest BCUT2D eigenvalue weighted by molar-refractivity contribution is 7.18. The minimum Gasteiger partial charge on any atom is -0.352 e. The van der Waals surface area contributed by atoms with Crippen LogP contribution in [0.1, 0.15) is 10.6 Å². The van der Waals surface area contributed by atoms with E-state index in [1.165, 1.54) is 16.3 Å². The average Bonchev–Trinajstić information content (AvgIpc) is 3.29. The second kappa shape index (κ2) is 6.80. The van der Waals surface area contributed by atoms with Crippen molar-refractivity contribution in [1.82, 2.24) is 19.5 Å². The molecule has 0 bridgehead atoms. The first-order valence-electron chi connectivity index (χ1n) is 9.10. The van der Waals surface area contributed by atoms with Gasteiger partial charge in [-0.2, -0.15) is 0 Å². The third kappa shape index (κ3) is 3.16. The molecule has 2 aromatic carbocycles. The standard InChI is InChI=1S/C22H17FN4S/c1-14-6-7-18-20(12-14)28-21(24-18)9-11-27-10-8-17-19(13-27)26-22(25-17)15-4-2-3-5-16(15)23/h2-8,10,12-13H,9,11H2,1H3. The molecule has 2 aliphatic rings. The summed E-state index contributed by atoms with van der Waals surface area (Å²) in [7, 11) is 0. The average molecular weight is 388 g/mol. The van der Waals surface area contributed by atoms with Crippen molar-refractivity contribution in [2.75, 3.05) is 0 Å². The number of hydrogen-bond donors (Lipinski definition) is 0. The molecule has 0 fully saturated rings. The Hall–Kier alpha value is -3.12. The third-order valence-electron chi connectivity index (χ3n) is 4.71. The van der Waals surface area contributed by atoms with Gasteiger partial charge >= 0.3 is 0 Å². The van der Waals surface area contributed by atoms with Crippen LogP contribution in [0.3, 0.4) is 0 Å². The van der Waals surface area contributed by atoms with E-state index < -0.39 is 0 Å². The molecule has 0 atom stereocenters. The maximum absolute atomic E-state index is 14.0. The molecule has 4 nitrogen and oxygen atoms in total. The van der Waals surface area contributed by atoms with Gasteiger partial charge in [-0.25, -0.2) is 19.3 Å². The summed E-state index contributed by atoms with van der Waals surface area (Å²) in [4.78, 5) is 13.7. The van der Waals surface area contributed by atoms with Gasteiger partial charge in [0.1, 0.15) is 11.5 Å². The zero-order valence-corrected chi connectivity index (χ0v) is 16.1. The van der Waals surface area contributed by atoms with Gasteiger partial charge in [-0.1, -0.05) is 18.2 Å². The van der Waals surface area contributed by atoms with Gasteiger partial charge in [0, 0.05) is 25.4 Å². The SMILES string of the molecule is Cc1ccc2nc(CCn3ccc4nc(-c5ccccc5F)nc-4c3)sc2c1. The summed E-state index contributed by atoms with van der Waals surface area (Å²) in [6, 6.07) is 14.9. The molecule has 0 aliphatic carbocycles. The molecule has 138 valence electrons. The van der Waals surface area contributed by atoms with Crippen LogP contribution in [0.25, 0.3) is 33.0 Å². The first-order valence-corrected chi connectivity index (χ1v) is 9.92. The van der Waals surface area contributed by atoms with E-state index in [9.17, 15) is 4.39 Å². The van der Waals surface area contributed by atoms with Crippen LogP contribution in [-0.2, 0) is 13.0 Å². The van der Waals surface area contributed by atoms with Crippen LogP contribution in [0.2, 0.25) is 0 Å². The molecule has 0 amide bonds.